The van der Waals surface area contributed by atoms with E-state index in [1.807, 2.05) is 6.07 Å². The topological polar surface area (TPSA) is 40.9 Å². The maximum atomic E-state index is 13.7. The molecule has 0 heterocycles. The Balaban J connectivity index is 2.40. The second-order valence-corrected chi connectivity index (χ2v) is 4.40. The number of ketones is 1. The average molecular weight is 274 g/mol. The highest BCUT2D eigenvalue weighted by molar-refractivity contribution is 6.30. The van der Waals surface area contributed by atoms with E-state index in [0.29, 0.717) is 5.56 Å². The number of carbonyl (C=O) groups is 1. The van der Waals surface area contributed by atoms with E-state index >= 15 is 0 Å². The fraction of sp³-hybridized carbons (Fsp3) is 0.0667. The van der Waals surface area contributed by atoms with Gasteiger partial charge in [0.25, 0.3) is 0 Å². The first kappa shape index (κ1) is 13.3. The van der Waals surface area contributed by atoms with Gasteiger partial charge < -0.3 is 0 Å². The predicted octanol–water partition coefficient (Wildman–Crippen LogP) is 3.97. The number of hydrogen-bond acceptors (Lipinski definition) is 2. The van der Waals surface area contributed by atoms with Crippen LogP contribution in [0, 0.1) is 17.1 Å². The van der Waals surface area contributed by atoms with Crippen molar-refractivity contribution >= 4 is 17.4 Å². The quantitative estimate of drug-likeness (QED) is 0.794. The van der Waals surface area contributed by atoms with E-state index in [4.69, 9.17) is 16.9 Å². The first-order valence-corrected chi connectivity index (χ1v) is 5.95. The van der Waals surface area contributed by atoms with Crippen molar-refractivity contribution < 1.29 is 9.18 Å². The molecule has 0 aliphatic rings. The smallest absolute Gasteiger partial charge is 0.187 e. The molecule has 2 nitrogen and oxygen atoms in total. The van der Waals surface area contributed by atoms with Crippen molar-refractivity contribution in [2.45, 2.75) is 5.92 Å². The van der Waals surface area contributed by atoms with Crippen molar-refractivity contribution in [3.05, 3.63) is 70.5 Å². The van der Waals surface area contributed by atoms with Crippen LogP contribution in [0.2, 0.25) is 5.02 Å². The molecule has 0 fully saturated rings. The van der Waals surface area contributed by atoms with Crippen molar-refractivity contribution in [2.24, 2.45) is 0 Å². The Labute approximate surface area is 115 Å². The zero-order valence-corrected chi connectivity index (χ0v) is 10.6. The molecule has 0 saturated carbocycles. The first-order valence-electron chi connectivity index (χ1n) is 5.57. The highest BCUT2D eigenvalue weighted by Crippen LogP contribution is 2.23. The second-order valence-electron chi connectivity index (χ2n) is 3.96. The van der Waals surface area contributed by atoms with Crippen molar-refractivity contribution in [2.75, 3.05) is 0 Å². The number of halogens is 2. The largest absolute Gasteiger partial charge is 0.292 e. The number of Topliss-reactive ketones (excluding diaryl/α,β-unsaturated/α-hetero) is 1. The maximum Gasteiger partial charge on any atom is 0.187 e. The van der Waals surface area contributed by atoms with E-state index in [2.05, 4.69) is 0 Å². The van der Waals surface area contributed by atoms with E-state index in [1.165, 1.54) is 12.1 Å². The Morgan fingerprint density at radius 1 is 1.21 bits per heavy atom. The summed E-state index contributed by atoms with van der Waals surface area (Å²) >= 11 is 5.64. The van der Waals surface area contributed by atoms with Gasteiger partial charge in [0.05, 0.1) is 11.6 Å². The summed E-state index contributed by atoms with van der Waals surface area (Å²) in [5.41, 5.74) is 0.421. The lowest BCUT2D eigenvalue weighted by Crippen LogP contribution is -2.12. The molecule has 2 rings (SSSR count). The average Bonchev–Trinajstić information content (AvgIpc) is 2.40. The molecule has 19 heavy (non-hydrogen) atoms. The molecule has 1 unspecified atom stereocenters. The molecule has 0 spiro atoms. The van der Waals surface area contributed by atoms with Gasteiger partial charge in [-0.2, -0.15) is 5.26 Å². The van der Waals surface area contributed by atoms with Crippen LogP contribution in [0.15, 0.2) is 48.5 Å². The van der Waals surface area contributed by atoms with Gasteiger partial charge in [-0.15, -0.1) is 0 Å². The summed E-state index contributed by atoms with van der Waals surface area (Å²) in [5.74, 6) is -2.30. The summed E-state index contributed by atoms with van der Waals surface area (Å²) in [6.07, 6.45) is 0. The number of benzene rings is 2. The van der Waals surface area contributed by atoms with Crippen molar-refractivity contribution in [1.82, 2.24) is 0 Å². The van der Waals surface area contributed by atoms with Crippen molar-refractivity contribution in [3.63, 3.8) is 0 Å². The van der Waals surface area contributed by atoms with Crippen LogP contribution in [0.4, 0.5) is 4.39 Å². The summed E-state index contributed by atoms with van der Waals surface area (Å²) in [6, 6.07) is 14.3. The number of carbonyl (C=O) groups excluding carboxylic acids is 1. The Kier molecular flexibility index (Phi) is 3.94. The Bertz CT molecular complexity index is 649. The molecule has 94 valence electrons. The molecule has 0 bridgehead atoms. The normalized spacial score (nSPS) is 11.6. The van der Waals surface area contributed by atoms with Gasteiger partial charge in [-0.3, -0.25) is 4.79 Å². The van der Waals surface area contributed by atoms with E-state index in [-0.39, 0.29) is 10.6 Å². The lowest BCUT2D eigenvalue weighted by molar-refractivity contribution is 0.0975. The number of nitriles is 1. The van der Waals surface area contributed by atoms with Gasteiger partial charge in [-0.1, -0.05) is 41.9 Å². The van der Waals surface area contributed by atoms with Gasteiger partial charge >= 0.3 is 0 Å². The maximum absolute atomic E-state index is 13.7. The van der Waals surface area contributed by atoms with Crippen LogP contribution < -0.4 is 0 Å². The Morgan fingerprint density at radius 2 is 1.89 bits per heavy atom. The van der Waals surface area contributed by atoms with E-state index in [1.54, 1.807) is 30.3 Å². The molecule has 2 aromatic carbocycles. The fourth-order valence-electron chi connectivity index (χ4n) is 1.77. The fourth-order valence-corrected chi connectivity index (χ4v) is 1.93. The van der Waals surface area contributed by atoms with Crippen LogP contribution in [0.5, 0.6) is 0 Å². The summed E-state index contributed by atoms with van der Waals surface area (Å²) in [7, 11) is 0. The van der Waals surface area contributed by atoms with Crippen molar-refractivity contribution in [3.8, 4) is 6.07 Å². The lowest BCUT2D eigenvalue weighted by Gasteiger charge is -2.09. The summed E-state index contributed by atoms with van der Waals surface area (Å²) in [5, 5.41) is 9.35. The van der Waals surface area contributed by atoms with Crippen LogP contribution in [-0.2, 0) is 0 Å². The summed E-state index contributed by atoms with van der Waals surface area (Å²) in [6.45, 7) is 0. The van der Waals surface area contributed by atoms with Gasteiger partial charge in [0.15, 0.2) is 5.78 Å². The van der Waals surface area contributed by atoms with E-state index in [0.717, 1.165) is 6.07 Å². The van der Waals surface area contributed by atoms with Gasteiger partial charge in [0.1, 0.15) is 11.7 Å². The standard InChI is InChI=1S/C15H9ClFNO/c16-11-6-7-12(14(17)8-11)15(19)13(9-18)10-4-2-1-3-5-10/h1-8,13H. The molecule has 0 aromatic heterocycles. The molecule has 4 heteroatoms. The van der Waals surface area contributed by atoms with Crippen LogP contribution in [0.3, 0.4) is 0 Å². The number of nitrogens with zero attached hydrogens (tertiary/aromatic N) is 1. The lowest BCUT2D eigenvalue weighted by atomic mass is 9.92. The SMILES string of the molecule is N#CC(C(=O)c1ccc(Cl)cc1F)c1ccccc1. The highest BCUT2D eigenvalue weighted by Gasteiger charge is 2.24. The third kappa shape index (κ3) is 2.81. The zero-order chi connectivity index (χ0) is 13.8. The molecular weight excluding hydrogens is 265 g/mol. The number of hydrogen-bond donors (Lipinski definition) is 0. The number of rotatable bonds is 3. The highest BCUT2D eigenvalue weighted by atomic mass is 35.5. The van der Waals surface area contributed by atoms with Gasteiger partial charge in [-0.05, 0) is 23.8 Å². The molecule has 0 saturated heterocycles. The van der Waals surface area contributed by atoms with Gasteiger partial charge in [0.2, 0.25) is 0 Å². The van der Waals surface area contributed by atoms with Crippen LogP contribution >= 0.6 is 11.6 Å². The minimum atomic E-state index is -1.02. The van der Waals surface area contributed by atoms with Crippen molar-refractivity contribution in [1.29, 1.82) is 5.26 Å². The summed E-state index contributed by atoms with van der Waals surface area (Å²) < 4.78 is 13.7. The molecular formula is C15H9ClFNO. The van der Waals surface area contributed by atoms with Crippen LogP contribution in [0.25, 0.3) is 0 Å². The van der Waals surface area contributed by atoms with Crippen LogP contribution in [-0.4, -0.2) is 5.78 Å². The van der Waals surface area contributed by atoms with Crippen LogP contribution in [0.1, 0.15) is 21.8 Å². The summed E-state index contributed by atoms with van der Waals surface area (Å²) in [4.78, 5) is 12.2. The monoisotopic (exact) mass is 273 g/mol. The molecule has 1 atom stereocenters. The Morgan fingerprint density at radius 3 is 2.47 bits per heavy atom. The minimum absolute atomic E-state index is 0.125. The third-order valence-electron chi connectivity index (χ3n) is 2.72. The Hall–Kier alpha value is -2.18. The molecule has 0 aliphatic carbocycles. The molecule has 0 radical (unpaired) electrons. The molecule has 2 aromatic rings. The molecule has 0 amide bonds. The minimum Gasteiger partial charge on any atom is -0.292 e. The third-order valence-corrected chi connectivity index (χ3v) is 2.96. The van der Waals surface area contributed by atoms with Gasteiger partial charge in [-0.25, -0.2) is 4.39 Å². The van der Waals surface area contributed by atoms with Gasteiger partial charge in [0, 0.05) is 5.02 Å². The van der Waals surface area contributed by atoms with E-state index < -0.39 is 17.5 Å². The molecule has 0 aliphatic heterocycles. The molecule has 0 N–H and O–H groups in total. The predicted molar refractivity (Wildman–Crippen MR) is 70.5 cm³/mol. The zero-order valence-electron chi connectivity index (χ0n) is 9.81. The van der Waals surface area contributed by atoms with E-state index in [9.17, 15) is 9.18 Å². The second kappa shape index (κ2) is 5.64. The first-order chi connectivity index (χ1) is 9.13.